The van der Waals surface area contributed by atoms with Crippen molar-refractivity contribution in [1.82, 2.24) is 4.90 Å². The number of aliphatic hydroxyl groups is 1. The van der Waals surface area contributed by atoms with E-state index in [0.717, 1.165) is 25.1 Å². The lowest BCUT2D eigenvalue weighted by molar-refractivity contribution is -0.129. The molecule has 0 spiro atoms. The summed E-state index contributed by atoms with van der Waals surface area (Å²) in [5, 5.41) is 12.3. The van der Waals surface area contributed by atoms with Gasteiger partial charge >= 0.3 is 0 Å². The highest BCUT2D eigenvalue weighted by Gasteiger charge is 2.28. The van der Waals surface area contributed by atoms with E-state index in [2.05, 4.69) is 5.32 Å². The second-order valence-electron chi connectivity index (χ2n) is 4.99. The fraction of sp³-hybridized carbons (Fsp3) is 0.500. The minimum atomic E-state index is -0.152. The number of aliphatic hydroxyl groups excluding tert-OH is 1. The topological polar surface area (TPSA) is 52.6 Å². The number of likely N-dealkylation sites (N-methyl/N-ethyl adjacent to an activating group) is 1. The molecule has 1 aliphatic carbocycles. The second-order valence-corrected chi connectivity index (χ2v) is 4.99. The molecular weight excluding hydrogens is 228 g/mol. The Morgan fingerprint density at radius 3 is 2.67 bits per heavy atom. The van der Waals surface area contributed by atoms with Crippen LogP contribution in [0.25, 0.3) is 0 Å². The first kappa shape index (κ1) is 12.9. The van der Waals surface area contributed by atoms with Crippen molar-refractivity contribution >= 4 is 11.6 Å². The number of anilines is 1. The molecule has 0 radical (unpaired) electrons. The monoisotopic (exact) mass is 248 g/mol. The Labute approximate surface area is 108 Å². The van der Waals surface area contributed by atoms with Crippen molar-refractivity contribution in [3.05, 3.63) is 30.3 Å². The summed E-state index contributed by atoms with van der Waals surface area (Å²) in [7, 11) is 1.82. The van der Waals surface area contributed by atoms with E-state index in [0.29, 0.717) is 12.5 Å². The smallest absolute Gasteiger partial charge is 0.241 e. The Hall–Kier alpha value is -1.55. The van der Waals surface area contributed by atoms with E-state index in [9.17, 15) is 9.90 Å². The summed E-state index contributed by atoms with van der Waals surface area (Å²) in [4.78, 5) is 13.6. The summed E-state index contributed by atoms with van der Waals surface area (Å²) in [6.45, 7) is 1.06. The molecule has 0 unspecified atom stereocenters. The van der Waals surface area contributed by atoms with Crippen LogP contribution in [0.1, 0.15) is 12.8 Å². The number of hydrogen-bond acceptors (Lipinski definition) is 3. The van der Waals surface area contributed by atoms with Crippen LogP contribution in [-0.4, -0.2) is 42.2 Å². The van der Waals surface area contributed by atoms with Gasteiger partial charge in [-0.15, -0.1) is 0 Å². The molecule has 0 heterocycles. The van der Waals surface area contributed by atoms with Gasteiger partial charge in [-0.2, -0.15) is 0 Å². The van der Waals surface area contributed by atoms with Gasteiger partial charge < -0.3 is 15.3 Å². The zero-order valence-electron chi connectivity index (χ0n) is 10.7. The van der Waals surface area contributed by atoms with Crippen LogP contribution in [-0.2, 0) is 4.79 Å². The minimum Gasteiger partial charge on any atom is -0.393 e. The maximum atomic E-state index is 11.9. The third-order valence-corrected chi connectivity index (χ3v) is 3.39. The average Bonchev–Trinajstić information content (AvgIpc) is 2.35. The summed E-state index contributed by atoms with van der Waals surface area (Å²) in [6.07, 6.45) is 1.49. The Morgan fingerprint density at radius 2 is 2.06 bits per heavy atom. The highest BCUT2D eigenvalue weighted by Crippen LogP contribution is 2.27. The summed E-state index contributed by atoms with van der Waals surface area (Å²) in [6, 6.07) is 9.70. The normalized spacial score (nSPS) is 22.1. The van der Waals surface area contributed by atoms with Crippen LogP contribution in [0.5, 0.6) is 0 Å². The molecule has 1 aromatic carbocycles. The number of carbonyl (C=O) groups is 1. The molecule has 0 atom stereocenters. The van der Waals surface area contributed by atoms with Crippen LogP contribution in [0.15, 0.2) is 30.3 Å². The molecule has 1 fully saturated rings. The van der Waals surface area contributed by atoms with E-state index >= 15 is 0 Å². The number of rotatable bonds is 5. The van der Waals surface area contributed by atoms with Crippen LogP contribution in [0.4, 0.5) is 5.69 Å². The number of para-hydroxylation sites is 1. The Morgan fingerprint density at radius 1 is 1.39 bits per heavy atom. The molecular formula is C14H20N2O2. The number of carbonyl (C=O) groups excluding carboxylic acids is 1. The molecule has 1 aromatic rings. The minimum absolute atomic E-state index is 0.0836. The van der Waals surface area contributed by atoms with Gasteiger partial charge in [0.15, 0.2) is 0 Å². The number of amides is 1. The predicted molar refractivity (Wildman–Crippen MR) is 71.3 cm³/mol. The standard InChI is InChI=1S/C14H20N2O2/c1-16(10-11-7-13(17)8-11)14(18)9-15-12-5-3-2-4-6-12/h2-6,11,13,15,17H,7-10H2,1H3. The second kappa shape index (κ2) is 5.87. The maximum absolute atomic E-state index is 11.9. The average molecular weight is 248 g/mol. The molecule has 0 bridgehead atoms. The molecule has 18 heavy (non-hydrogen) atoms. The first-order chi connectivity index (χ1) is 8.65. The maximum Gasteiger partial charge on any atom is 0.241 e. The van der Waals surface area contributed by atoms with E-state index in [1.165, 1.54) is 0 Å². The quantitative estimate of drug-likeness (QED) is 0.826. The van der Waals surface area contributed by atoms with Gasteiger partial charge in [-0.3, -0.25) is 4.79 Å². The van der Waals surface area contributed by atoms with Crippen molar-refractivity contribution in [3.63, 3.8) is 0 Å². The number of nitrogens with zero attached hydrogens (tertiary/aromatic N) is 1. The van der Waals surface area contributed by atoms with Crippen molar-refractivity contribution < 1.29 is 9.90 Å². The van der Waals surface area contributed by atoms with Gasteiger partial charge in [0.05, 0.1) is 12.6 Å². The summed E-state index contributed by atoms with van der Waals surface area (Å²) < 4.78 is 0. The Kier molecular flexibility index (Phi) is 4.20. The van der Waals surface area contributed by atoms with Crippen LogP contribution >= 0.6 is 0 Å². The fourth-order valence-corrected chi connectivity index (χ4v) is 2.21. The summed E-state index contributed by atoms with van der Waals surface area (Å²) in [5.74, 6) is 0.547. The van der Waals surface area contributed by atoms with E-state index in [1.807, 2.05) is 37.4 Å². The highest BCUT2D eigenvalue weighted by atomic mass is 16.3. The van der Waals surface area contributed by atoms with E-state index in [4.69, 9.17) is 0 Å². The number of hydrogen-bond donors (Lipinski definition) is 2. The largest absolute Gasteiger partial charge is 0.393 e. The first-order valence-corrected chi connectivity index (χ1v) is 6.36. The number of nitrogens with one attached hydrogen (secondary N) is 1. The van der Waals surface area contributed by atoms with Gasteiger partial charge in [0.1, 0.15) is 0 Å². The molecule has 0 aromatic heterocycles. The van der Waals surface area contributed by atoms with Gasteiger partial charge in [0, 0.05) is 19.3 Å². The van der Waals surface area contributed by atoms with Crippen LogP contribution in [0, 0.1) is 5.92 Å². The van der Waals surface area contributed by atoms with Crippen LogP contribution in [0.2, 0.25) is 0 Å². The lowest BCUT2D eigenvalue weighted by Crippen LogP contribution is -2.41. The fourth-order valence-electron chi connectivity index (χ4n) is 2.21. The molecule has 1 saturated carbocycles. The Balaban J connectivity index is 1.71. The molecule has 98 valence electrons. The van der Waals surface area contributed by atoms with Gasteiger partial charge in [-0.25, -0.2) is 0 Å². The SMILES string of the molecule is CN(CC1CC(O)C1)C(=O)CNc1ccccc1. The van der Waals surface area contributed by atoms with Crippen LogP contribution in [0.3, 0.4) is 0 Å². The molecule has 1 amide bonds. The zero-order chi connectivity index (χ0) is 13.0. The van der Waals surface area contributed by atoms with Crippen LogP contribution < -0.4 is 5.32 Å². The third-order valence-electron chi connectivity index (χ3n) is 3.39. The molecule has 4 nitrogen and oxygen atoms in total. The van der Waals surface area contributed by atoms with Crippen molar-refractivity contribution in [2.45, 2.75) is 18.9 Å². The Bertz CT molecular complexity index is 388. The first-order valence-electron chi connectivity index (χ1n) is 6.36. The van der Waals surface area contributed by atoms with E-state index in [1.54, 1.807) is 4.90 Å². The highest BCUT2D eigenvalue weighted by molar-refractivity contribution is 5.80. The van der Waals surface area contributed by atoms with E-state index < -0.39 is 0 Å². The van der Waals surface area contributed by atoms with Gasteiger partial charge in [-0.1, -0.05) is 18.2 Å². The lowest BCUT2D eigenvalue weighted by atomic mass is 9.82. The van der Waals surface area contributed by atoms with E-state index in [-0.39, 0.29) is 12.0 Å². The molecule has 2 rings (SSSR count). The summed E-state index contributed by atoms with van der Waals surface area (Å²) >= 11 is 0. The lowest BCUT2D eigenvalue weighted by Gasteiger charge is -2.34. The van der Waals surface area contributed by atoms with Gasteiger partial charge in [-0.05, 0) is 30.9 Å². The predicted octanol–water partition coefficient (Wildman–Crippen LogP) is 1.33. The van der Waals surface area contributed by atoms with Gasteiger partial charge in [0.25, 0.3) is 0 Å². The molecule has 0 aliphatic heterocycles. The molecule has 4 heteroatoms. The molecule has 2 N–H and O–H groups in total. The molecule has 0 saturated heterocycles. The summed E-state index contributed by atoms with van der Waals surface area (Å²) in [5.41, 5.74) is 0.957. The van der Waals surface area contributed by atoms with Crippen molar-refractivity contribution in [2.75, 3.05) is 25.5 Å². The van der Waals surface area contributed by atoms with Crippen molar-refractivity contribution in [1.29, 1.82) is 0 Å². The number of benzene rings is 1. The molecule has 1 aliphatic rings. The zero-order valence-corrected chi connectivity index (χ0v) is 10.7. The third kappa shape index (κ3) is 3.47. The van der Waals surface area contributed by atoms with Gasteiger partial charge in [0.2, 0.25) is 5.91 Å². The van der Waals surface area contributed by atoms with Crippen molar-refractivity contribution in [2.24, 2.45) is 5.92 Å². The van der Waals surface area contributed by atoms with Crippen molar-refractivity contribution in [3.8, 4) is 0 Å².